The van der Waals surface area contributed by atoms with Gasteiger partial charge in [0, 0.05) is 15.4 Å². The van der Waals surface area contributed by atoms with Crippen LogP contribution in [-0.2, 0) is 0 Å². The summed E-state index contributed by atoms with van der Waals surface area (Å²) in [6.45, 7) is 3.89. The van der Waals surface area contributed by atoms with Crippen LogP contribution in [0.5, 0.6) is 11.5 Å². The van der Waals surface area contributed by atoms with Crippen molar-refractivity contribution in [1.82, 2.24) is 0 Å². The average Bonchev–Trinajstić information content (AvgIpc) is 2.28. The molecule has 0 radical (unpaired) electrons. The molecular formula is C15H16O2S. The molecule has 0 aliphatic rings. The van der Waals surface area contributed by atoms with E-state index >= 15 is 0 Å². The number of hydrogen-bond donors (Lipinski definition) is 2. The number of hydrogen-bond acceptors (Lipinski definition) is 3. The van der Waals surface area contributed by atoms with Gasteiger partial charge >= 0.3 is 0 Å². The van der Waals surface area contributed by atoms with Gasteiger partial charge in [-0.3, -0.25) is 0 Å². The Morgan fingerprint density at radius 2 is 1.44 bits per heavy atom. The first-order valence-corrected chi connectivity index (χ1v) is 6.68. The van der Waals surface area contributed by atoms with Crippen molar-refractivity contribution in [3.63, 3.8) is 0 Å². The SMILES string of the molecule is CC(C)c1c(O)cc(Sc2ccccc2)cc1O. The highest BCUT2D eigenvalue weighted by atomic mass is 32.2. The molecular weight excluding hydrogens is 244 g/mol. The molecule has 0 aliphatic heterocycles. The molecule has 2 aromatic carbocycles. The predicted octanol–water partition coefficient (Wildman–Crippen LogP) is 4.37. The van der Waals surface area contributed by atoms with Gasteiger partial charge < -0.3 is 10.2 Å². The van der Waals surface area contributed by atoms with E-state index in [1.54, 1.807) is 12.1 Å². The minimum Gasteiger partial charge on any atom is -0.507 e. The summed E-state index contributed by atoms with van der Waals surface area (Å²) in [5, 5.41) is 19.9. The zero-order chi connectivity index (χ0) is 13.1. The van der Waals surface area contributed by atoms with E-state index < -0.39 is 0 Å². The van der Waals surface area contributed by atoms with Crippen LogP contribution in [0.2, 0.25) is 0 Å². The molecule has 0 amide bonds. The van der Waals surface area contributed by atoms with Gasteiger partial charge in [0.15, 0.2) is 0 Å². The lowest BCUT2D eigenvalue weighted by Crippen LogP contribution is -1.90. The van der Waals surface area contributed by atoms with Crippen molar-refractivity contribution in [3.8, 4) is 11.5 Å². The number of benzene rings is 2. The molecule has 0 saturated carbocycles. The Hall–Kier alpha value is -1.61. The second-order valence-electron chi connectivity index (χ2n) is 4.45. The van der Waals surface area contributed by atoms with Crippen molar-refractivity contribution >= 4 is 11.8 Å². The maximum atomic E-state index is 9.95. The van der Waals surface area contributed by atoms with E-state index in [2.05, 4.69) is 0 Å². The van der Waals surface area contributed by atoms with Gasteiger partial charge in [-0.25, -0.2) is 0 Å². The highest BCUT2D eigenvalue weighted by molar-refractivity contribution is 7.99. The second-order valence-corrected chi connectivity index (χ2v) is 5.59. The Labute approximate surface area is 111 Å². The fourth-order valence-electron chi connectivity index (χ4n) is 1.87. The van der Waals surface area contributed by atoms with Crippen molar-refractivity contribution in [1.29, 1.82) is 0 Å². The van der Waals surface area contributed by atoms with Crippen molar-refractivity contribution in [2.75, 3.05) is 0 Å². The molecule has 0 atom stereocenters. The summed E-state index contributed by atoms with van der Waals surface area (Å²) in [5.74, 6) is 0.410. The Morgan fingerprint density at radius 1 is 0.889 bits per heavy atom. The summed E-state index contributed by atoms with van der Waals surface area (Å²) in [7, 11) is 0. The standard InChI is InChI=1S/C15H16O2S/c1-10(2)15-13(16)8-12(9-14(15)17)18-11-6-4-3-5-7-11/h3-10,16-17H,1-2H3. The lowest BCUT2D eigenvalue weighted by atomic mass is 10.0. The molecule has 0 aliphatic carbocycles. The second kappa shape index (κ2) is 5.36. The molecule has 3 heteroatoms. The molecule has 0 saturated heterocycles. The molecule has 2 N–H and O–H groups in total. The lowest BCUT2D eigenvalue weighted by molar-refractivity contribution is 0.431. The van der Waals surface area contributed by atoms with Crippen molar-refractivity contribution in [3.05, 3.63) is 48.0 Å². The number of phenols is 2. The third kappa shape index (κ3) is 2.79. The van der Waals surface area contributed by atoms with E-state index in [-0.39, 0.29) is 17.4 Å². The molecule has 2 rings (SSSR count). The van der Waals surface area contributed by atoms with Crippen LogP contribution < -0.4 is 0 Å². The van der Waals surface area contributed by atoms with Crippen LogP contribution in [-0.4, -0.2) is 10.2 Å². The fourth-order valence-corrected chi connectivity index (χ4v) is 2.78. The highest BCUT2D eigenvalue weighted by Crippen LogP contribution is 2.39. The van der Waals surface area contributed by atoms with Crippen molar-refractivity contribution in [2.24, 2.45) is 0 Å². The van der Waals surface area contributed by atoms with Crippen molar-refractivity contribution in [2.45, 2.75) is 29.6 Å². The fraction of sp³-hybridized carbons (Fsp3) is 0.200. The topological polar surface area (TPSA) is 40.5 Å². The first kappa shape index (κ1) is 12.8. The third-order valence-corrected chi connectivity index (χ3v) is 3.65. The summed E-state index contributed by atoms with van der Waals surface area (Å²) in [6.07, 6.45) is 0. The number of aromatic hydroxyl groups is 2. The lowest BCUT2D eigenvalue weighted by Gasteiger charge is -2.12. The van der Waals surface area contributed by atoms with Gasteiger partial charge in [-0.1, -0.05) is 43.8 Å². The average molecular weight is 260 g/mol. The van der Waals surface area contributed by atoms with Gasteiger partial charge in [0.05, 0.1) is 0 Å². The van der Waals surface area contributed by atoms with Gasteiger partial charge in [-0.2, -0.15) is 0 Å². The van der Waals surface area contributed by atoms with E-state index in [0.717, 1.165) is 9.79 Å². The van der Waals surface area contributed by atoms with Gasteiger partial charge in [0.1, 0.15) is 11.5 Å². The molecule has 94 valence electrons. The van der Waals surface area contributed by atoms with Gasteiger partial charge in [-0.05, 0) is 30.2 Å². The van der Waals surface area contributed by atoms with Gasteiger partial charge in [0.25, 0.3) is 0 Å². The summed E-state index contributed by atoms with van der Waals surface area (Å²) in [4.78, 5) is 1.91. The minimum absolute atomic E-state index is 0.0979. The van der Waals surface area contributed by atoms with E-state index in [9.17, 15) is 10.2 Å². The van der Waals surface area contributed by atoms with E-state index in [1.807, 2.05) is 44.2 Å². The van der Waals surface area contributed by atoms with E-state index in [1.165, 1.54) is 11.8 Å². The first-order valence-electron chi connectivity index (χ1n) is 5.86. The van der Waals surface area contributed by atoms with E-state index in [4.69, 9.17) is 0 Å². The van der Waals surface area contributed by atoms with Crippen LogP contribution in [0.3, 0.4) is 0 Å². The maximum Gasteiger partial charge on any atom is 0.123 e. The Morgan fingerprint density at radius 3 is 1.94 bits per heavy atom. The minimum atomic E-state index is 0.0979. The predicted molar refractivity (Wildman–Crippen MR) is 74.4 cm³/mol. The normalized spacial score (nSPS) is 10.8. The third-order valence-electron chi connectivity index (χ3n) is 2.67. The Balaban J connectivity index is 2.31. The molecule has 18 heavy (non-hydrogen) atoms. The molecule has 0 bridgehead atoms. The quantitative estimate of drug-likeness (QED) is 0.860. The van der Waals surface area contributed by atoms with Crippen LogP contribution in [0.4, 0.5) is 0 Å². The van der Waals surface area contributed by atoms with Gasteiger partial charge in [0.2, 0.25) is 0 Å². The van der Waals surface area contributed by atoms with Crippen LogP contribution >= 0.6 is 11.8 Å². The van der Waals surface area contributed by atoms with E-state index in [0.29, 0.717) is 5.56 Å². The summed E-state index contributed by atoms with van der Waals surface area (Å²) in [5.41, 5.74) is 0.604. The number of rotatable bonds is 3. The van der Waals surface area contributed by atoms with Crippen LogP contribution in [0, 0.1) is 0 Å². The molecule has 0 fully saturated rings. The monoisotopic (exact) mass is 260 g/mol. The van der Waals surface area contributed by atoms with Crippen LogP contribution in [0.15, 0.2) is 52.3 Å². The van der Waals surface area contributed by atoms with Crippen molar-refractivity contribution < 1.29 is 10.2 Å². The number of phenolic OH excluding ortho intramolecular Hbond substituents is 2. The van der Waals surface area contributed by atoms with Crippen LogP contribution in [0.25, 0.3) is 0 Å². The molecule has 0 spiro atoms. The molecule has 0 heterocycles. The smallest absolute Gasteiger partial charge is 0.123 e. The van der Waals surface area contributed by atoms with Gasteiger partial charge in [-0.15, -0.1) is 0 Å². The highest BCUT2D eigenvalue weighted by Gasteiger charge is 2.13. The summed E-state index contributed by atoms with van der Waals surface area (Å²) < 4.78 is 0. The molecule has 2 nitrogen and oxygen atoms in total. The van der Waals surface area contributed by atoms with Crippen LogP contribution in [0.1, 0.15) is 25.3 Å². The molecule has 0 aromatic heterocycles. The largest absolute Gasteiger partial charge is 0.507 e. The summed E-state index contributed by atoms with van der Waals surface area (Å²) in [6, 6.07) is 13.3. The Bertz CT molecular complexity index is 512. The molecule has 2 aromatic rings. The molecule has 0 unspecified atom stereocenters. The first-order chi connectivity index (χ1) is 8.58. The zero-order valence-corrected chi connectivity index (χ0v) is 11.2. The Kier molecular flexibility index (Phi) is 3.82. The maximum absolute atomic E-state index is 9.95. The summed E-state index contributed by atoms with van der Waals surface area (Å²) >= 11 is 1.52. The zero-order valence-electron chi connectivity index (χ0n) is 10.4.